The lowest BCUT2D eigenvalue weighted by Gasteiger charge is -2.13. The van der Waals surface area contributed by atoms with Crippen molar-refractivity contribution < 1.29 is 14.3 Å². The maximum atomic E-state index is 12.3. The van der Waals surface area contributed by atoms with Crippen LogP contribution in [0.1, 0.15) is 11.1 Å². The number of nitriles is 1. The molecule has 0 bridgehead atoms. The van der Waals surface area contributed by atoms with Crippen LogP contribution in [0.2, 0.25) is 0 Å². The SMILES string of the molecule is C#Cc1cccc(NC(=O)Nc2ccc(OC)c(Oc3ccc(C#N)cc3)c2)c1. The Kier molecular flexibility index (Phi) is 5.99. The van der Waals surface area contributed by atoms with E-state index in [2.05, 4.69) is 22.6 Å². The summed E-state index contributed by atoms with van der Waals surface area (Å²) in [6.45, 7) is 0. The first kappa shape index (κ1) is 19.3. The second-order valence-electron chi connectivity index (χ2n) is 5.91. The van der Waals surface area contributed by atoms with Gasteiger partial charge in [0.15, 0.2) is 11.5 Å². The van der Waals surface area contributed by atoms with Crippen molar-refractivity contribution >= 4 is 17.4 Å². The first-order valence-electron chi connectivity index (χ1n) is 8.62. The maximum Gasteiger partial charge on any atom is 0.323 e. The lowest BCUT2D eigenvalue weighted by atomic mass is 10.2. The van der Waals surface area contributed by atoms with E-state index < -0.39 is 6.03 Å². The Morgan fingerprint density at radius 3 is 2.31 bits per heavy atom. The van der Waals surface area contributed by atoms with Crippen molar-refractivity contribution in [3.63, 3.8) is 0 Å². The minimum atomic E-state index is -0.423. The van der Waals surface area contributed by atoms with E-state index in [0.29, 0.717) is 39.8 Å². The third-order valence-electron chi connectivity index (χ3n) is 3.92. The maximum absolute atomic E-state index is 12.3. The number of methoxy groups -OCH3 is 1. The van der Waals surface area contributed by atoms with Gasteiger partial charge in [-0.15, -0.1) is 6.42 Å². The van der Waals surface area contributed by atoms with Crippen LogP contribution >= 0.6 is 0 Å². The molecule has 6 heteroatoms. The van der Waals surface area contributed by atoms with Gasteiger partial charge in [-0.1, -0.05) is 12.0 Å². The van der Waals surface area contributed by atoms with Crippen LogP contribution in [0.15, 0.2) is 66.7 Å². The highest BCUT2D eigenvalue weighted by atomic mass is 16.5. The highest BCUT2D eigenvalue weighted by Gasteiger charge is 2.10. The van der Waals surface area contributed by atoms with Gasteiger partial charge in [-0.2, -0.15) is 5.26 Å². The Hall–Kier alpha value is -4.42. The summed E-state index contributed by atoms with van der Waals surface area (Å²) in [5, 5.41) is 14.4. The van der Waals surface area contributed by atoms with Crippen LogP contribution in [-0.2, 0) is 0 Å². The van der Waals surface area contributed by atoms with Crippen molar-refractivity contribution in [2.24, 2.45) is 0 Å². The summed E-state index contributed by atoms with van der Waals surface area (Å²) in [4.78, 5) is 12.3. The van der Waals surface area contributed by atoms with Gasteiger partial charge in [0, 0.05) is 23.0 Å². The summed E-state index contributed by atoms with van der Waals surface area (Å²) in [6.07, 6.45) is 5.38. The van der Waals surface area contributed by atoms with Gasteiger partial charge in [0.2, 0.25) is 0 Å². The molecule has 0 saturated heterocycles. The van der Waals surface area contributed by atoms with Crippen LogP contribution in [0.25, 0.3) is 0 Å². The molecule has 0 aliphatic rings. The normalized spacial score (nSPS) is 9.62. The van der Waals surface area contributed by atoms with Gasteiger partial charge in [-0.3, -0.25) is 0 Å². The minimum absolute atomic E-state index is 0.421. The Labute approximate surface area is 168 Å². The van der Waals surface area contributed by atoms with E-state index in [1.807, 2.05) is 0 Å². The molecule has 0 heterocycles. The molecule has 0 fully saturated rings. The van der Waals surface area contributed by atoms with E-state index in [1.165, 1.54) is 7.11 Å². The van der Waals surface area contributed by atoms with Crippen molar-refractivity contribution in [1.29, 1.82) is 5.26 Å². The van der Waals surface area contributed by atoms with Gasteiger partial charge in [-0.05, 0) is 54.6 Å². The van der Waals surface area contributed by atoms with Gasteiger partial charge in [0.1, 0.15) is 5.75 Å². The lowest BCUT2D eigenvalue weighted by molar-refractivity contribution is 0.262. The molecule has 6 nitrogen and oxygen atoms in total. The summed E-state index contributed by atoms with van der Waals surface area (Å²) < 4.78 is 11.2. The highest BCUT2D eigenvalue weighted by Crippen LogP contribution is 2.34. The molecule has 29 heavy (non-hydrogen) atoms. The standard InChI is InChI=1S/C23H17N3O3/c1-3-16-5-4-6-18(13-16)25-23(27)26-19-9-12-21(28-2)22(14-19)29-20-10-7-17(15-24)8-11-20/h1,4-14H,2H3,(H2,25,26,27). The van der Waals surface area contributed by atoms with Crippen molar-refractivity contribution in [1.82, 2.24) is 0 Å². The van der Waals surface area contributed by atoms with E-state index in [-0.39, 0.29) is 0 Å². The van der Waals surface area contributed by atoms with Gasteiger partial charge < -0.3 is 20.1 Å². The van der Waals surface area contributed by atoms with Crippen LogP contribution in [0.4, 0.5) is 16.2 Å². The second-order valence-corrected chi connectivity index (χ2v) is 5.91. The largest absolute Gasteiger partial charge is 0.493 e. The van der Waals surface area contributed by atoms with Crippen LogP contribution in [-0.4, -0.2) is 13.1 Å². The van der Waals surface area contributed by atoms with Gasteiger partial charge in [0.05, 0.1) is 18.7 Å². The fourth-order valence-corrected chi connectivity index (χ4v) is 2.54. The molecule has 0 aliphatic heterocycles. The number of terminal acetylenes is 1. The van der Waals surface area contributed by atoms with Crippen molar-refractivity contribution in [3.05, 3.63) is 77.9 Å². The zero-order chi connectivity index (χ0) is 20.6. The number of ether oxygens (including phenoxy) is 2. The number of urea groups is 1. The number of hydrogen-bond donors (Lipinski definition) is 2. The van der Waals surface area contributed by atoms with E-state index in [1.54, 1.807) is 66.7 Å². The van der Waals surface area contributed by atoms with Gasteiger partial charge >= 0.3 is 6.03 Å². The fraction of sp³-hybridized carbons (Fsp3) is 0.0435. The molecule has 2 amide bonds. The van der Waals surface area contributed by atoms with Crippen molar-refractivity contribution in [2.45, 2.75) is 0 Å². The topological polar surface area (TPSA) is 83.4 Å². The number of amides is 2. The highest BCUT2D eigenvalue weighted by molar-refractivity contribution is 6.00. The molecule has 0 aromatic heterocycles. The Balaban J connectivity index is 1.74. The molecular formula is C23H17N3O3. The zero-order valence-corrected chi connectivity index (χ0v) is 15.6. The van der Waals surface area contributed by atoms with Crippen LogP contribution in [0.5, 0.6) is 17.2 Å². The first-order chi connectivity index (χ1) is 14.1. The number of nitrogens with zero attached hydrogens (tertiary/aromatic N) is 1. The average molecular weight is 383 g/mol. The molecular weight excluding hydrogens is 366 g/mol. The zero-order valence-electron chi connectivity index (χ0n) is 15.6. The smallest absolute Gasteiger partial charge is 0.323 e. The third-order valence-corrected chi connectivity index (χ3v) is 3.92. The van der Waals surface area contributed by atoms with E-state index in [4.69, 9.17) is 21.2 Å². The summed E-state index contributed by atoms with van der Waals surface area (Å²) in [6, 6.07) is 20.3. The summed E-state index contributed by atoms with van der Waals surface area (Å²) >= 11 is 0. The Morgan fingerprint density at radius 2 is 1.66 bits per heavy atom. The van der Waals surface area contributed by atoms with E-state index in [0.717, 1.165) is 0 Å². The summed E-state index contributed by atoms with van der Waals surface area (Å²) in [5.74, 6) is 3.98. The molecule has 0 unspecified atom stereocenters. The van der Waals surface area contributed by atoms with E-state index >= 15 is 0 Å². The average Bonchev–Trinajstić information content (AvgIpc) is 2.74. The number of carbonyl (C=O) groups is 1. The molecule has 142 valence electrons. The van der Waals surface area contributed by atoms with Crippen molar-refractivity contribution in [3.8, 4) is 35.7 Å². The monoisotopic (exact) mass is 383 g/mol. The Morgan fingerprint density at radius 1 is 0.931 bits per heavy atom. The molecule has 3 rings (SSSR count). The summed E-state index contributed by atoms with van der Waals surface area (Å²) in [7, 11) is 1.53. The van der Waals surface area contributed by atoms with E-state index in [9.17, 15) is 4.79 Å². The predicted molar refractivity (Wildman–Crippen MR) is 111 cm³/mol. The number of rotatable bonds is 5. The number of benzene rings is 3. The Bertz CT molecular complexity index is 1110. The number of hydrogen-bond acceptors (Lipinski definition) is 4. The molecule has 0 saturated carbocycles. The van der Waals surface area contributed by atoms with Gasteiger partial charge in [0.25, 0.3) is 0 Å². The van der Waals surface area contributed by atoms with Crippen LogP contribution in [0, 0.1) is 23.7 Å². The molecule has 3 aromatic carbocycles. The molecule has 0 spiro atoms. The number of carbonyl (C=O) groups excluding carboxylic acids is 1. The van der Waals surface area contributed by atoms with Crippen LogP contribution < -0.4 is 20.1 Å². The molecule has 0 radical (unpaired) electrons. The quantitative estimate of drug-likeness (QED) is 0.609. The lowest BCUT2D eigenvalue weighted by Crippen LogP contribution is -2.19. The molecule has 0 aliphatic carbocycles. The van der Waals surface area contributed by atoms with Crippen LogP contribution in [0.3, 0.4) is 0 Å². The number of nitrogens with one attached hydrogen (secondary N) is 2. The second kappa shape index (κ2) is 8.98. The minimum Gasteiger partial charge on any atom is -0.493 e. The van der Waals surface area contributed by atoms with Gasteiger partial charge in [-0.25, -0.2) is 4.79 Å². The molecule has 0 atom stereocenters. The molecule has 2 N–H and O–H groups in total. The third kappa shape index (κ3) is 5.06. The fourth-order valence-electron chi connectivity index (χ4n) is 2.54. The predicted octanol–water partition coefficient (Wildman–Crippen LogP) is 4.98. The van der Waals surface area contributed by atoms with Crippen molar-refractivity contribution in [2.75, 3.05) is 17.7 Å². The first-order valence-corrected chi connectivity index (χ1v) is 8.62. The molecule has 3 aromatic rings. The number of anilines is 2. The summed E-state index contributed by atoms with van der Waals surface area (Å²) in [5.41, 5.74) is 2.30.